The minimum absolute atomic E-state index is 0.0433. The molecule has 1 unspecified atom stereocenters. The van der Waals surface area contributed by atoms with Crippen LogP contribution < -0.4 is 5.32 Å². The summed E-state index contributed by atoms with van der Waals surface area (Å²) in [6, 6.07) is 2.03. The van der Waals surface area contributed by atoms with E-state index in [0.717, 1.165) is 28.8 Å². The molecule has 1 aromatic rings. The van der Waals surface area contributed by atoms with E-state index in [0.29, 0.717) is 6.61 Å². The van der Waals surface area contributed by atoms with Crippen molar-refractivity contribution in [2.24, 2.45) is 0 Å². The molecule has 16 heavy (non-hydrogen) atoms. The fourth-order valence-corrected chi connectivity index (χ4v) is 2.11. The van der Waals surface area contributed by atoms with Crippen LogP contribution in [-0.2, 0) is 4.74 Å². The summed E-state index contributed by atoms with van der Waals surface area (Å²) in [6.45, 7) is 3.37. The lowest BCUT2D eigenvalue weighted by atomic mass is 10.3. The Balaban J connectivity index is 2.37. The number of halogens is 2. The first kappa shape index (κ1) is 13.7. The van der Waals surface area contributed by atoms with Gasteiger partial charge in [0.25, 0.3) is 0 Å². The van der Waals surface area contributed by atoms with Gasteiger partial charge in [-0.05, 0) is 40.9 Å². The molecule has 0 saturated heterocycles. The second-order valence-electron chi connectivity index (χ2n) is 3.61. The van der Waals surface area contributed by atoms with E-state index in [1.54, 1.807) is 7.11 Å². The Morgan fingerprint density at radius 2 is 2.38 bits per heavy atom. The van der Waals surface area contributed by atoms with Crippen molar-refractivity contribution >= 4 is 33.3 Å². The second-order valence-corrected chi connectivity index (χ2v) is 5.08. The molecule has 0 aromatic carbocycles. The summed E-state index contributed by atoms with van der Waals surface area (Å²) in [4.78, 5) is 4.29. The van der Waals surface area contributed by atoms with Crippen LogP contribution in [0.1, 0.15) is 12.0 Å². The summed E-state index contributed by atoms with van der Waals surface area (Å²) in [5.74, 6) is 0.854. The zero-order valence-corrected chi connectivity index (χ0v) is 11.8. The van der Waals surface area contributed by atoms with Crippen molar-refractivity contribution in [1.29, 1.82) is 0 Å². The number of hydrogen-bond donors (Lipinski definition) is 1. The van der Waals surface area contributed by atoms with Gasteiger partial charge in [-0.3, -0.25) is 0 Å². The van der Waals surface area contributed by atoms with E-state index in [-0.39, 0.29) is 5.38 Å². The Labute approximate surface area is 110 Å². The first-order valence-corrected chi connectivity index (χ1v) is 6.35. The van der Waals surface area contributed by atoms with E-state index < -0.39 is 0 Å². The average Bonchev–Trinajstić information content (AvgIpc) is 2.22. The molecule has 3 nitrogen and oxygen atoms in total. The number of rotatable bonds is 6. The summed E-state index contributed by atoms with van der Waals surface area (Å²) in [6.07, 6.45) is 2.68. The van der Waals surface area contributed by atoms with Crippen LogP contribution in [0.3, 0.4) is 0 Å². The molecule has 1 aromatic heterocycles. The van der Waals surface area contributed by atoms with Crippen molar-refractivity contribution in [3.05, 3.63) is 22.3 Å². The summed E-state index contributed by atoms with van der Waals surface area (Å²) in [5.41, 5.74) is 1.13. The molecule has 1 heterocycles. The molecule has 0 bridgehead atoms. The number of nitrogens with zero attached hydrogens (tertiary/aromatic N) is 1. The Morgan fingerprint density at radius 1 is 1.62 bits per heavy atom. The molecule has 0 saturated carbocycles. The Bertz CT molecular complexity index is 336. The van der Waals surface area contributed by atoms with Crippen LogP contribution in [0.5, 0.6) is 0 Å². The van der Waals surface area contributed by atoms with Crippen LogP contribution in [0.15, 0.2) is 16.7 Å². The largest absolute Gasteiger partial charge is 0.383 e. The molecule has 5 heteroatoms. The minimum Gasteiger partial charge on any atom is -0.383 e. The van der Waals surface area contributed by atoms with Gasteiger partial charge in [-0.25, -0.2) is 4.98 Å². The third-order valence-corrected chi connectivity index (χ3v) is 3.02. The minimum atomic E-state index is 0.0433. The van der Waals surface area contributed by atoms with Gasteiger partial charge in [0.15, 0.2) is 0 Å². The predicted molar refractivity (Wildman–Crippen MR) is 71.3 cm³/mol. The number of anilines is 1. The van der Waals surface area contributed by atoms with Crippen LogP contribution in [0, 0.1) is 6.92 Å². The Morgan fingerprint density at radius 3 is 3.00 bits per heavy atom. The van der Waals surface area contributed by atoms with Crippen LogP contribution in [-0.4, -0.2) is 30.6 Å². The molecule has 1 N–H and O–H groups in total. The molecule has 0 radical (unpaired) electrons. The number of alkyl halides is 1. The molecular weight excluding hydrogens is 291 g/mol. The van der Waals surface area contributed by atoms with Crippen LogP contribution in [0.2, 0.25) is 0 Å². The summed E-state index contributed by atoms with van der Waals surface area (Å²) in [5, 5.41) is 3.27. The van der Waals surface area contributed by atoms with Crippen LogP contribution >= 0.6 is 27.5 Å². The van der Waals surface area contributed by atoms with E-state index in [4.69, 9.17) is 16.3 Å². The zero-order chi connectivity index (χ0) is 12.0. The van der Waals surface area contributed by atoms with Gasteiger partial charge >= 0.3 is 0 Å². The van der Waals surface area contributed by atoms with Gasteiger partial charge < -0.3 is 10.1 Å². The van der Waals surface area contributed by atoms with Gasteiger partial charge in [0.2, 0.25) is 0 Å². The highest BCUT2D eigenvalue weighted by molar-refractivity contribution is 9.10. The first-order valence-electron chi connectivity index (χ1n) is 5.12. The fourth-order valence-electron chi connectivity index (χ4n) is 1.27. The number of ether oxygens (including phenoxy) is 1. The topological polar surface area (TPSA) is 34.1 Å². The predicted octanol–water partition coefficient (Wildman–Crippen LogP) is 3.21. The lowest BCUT2D eigenvalue weighted by Gasteiger charge is -2.10. The molecular formula is C11H16BrClN2O. The number of nitrogens with one attached hydrogen (secondary N) is 1. The van der Waals surface area contributed by atoms with Crippen LogP contribution in [0.25, 0.3) is 0 Å². The van der Waals surface area contributed by atoms with Gasteiger partial charge in [0.05, 0.1) is 16.5 Å². The normalized spacial score (nSPS) is 12.5. The van der Waals surface area contributed by atoms with Crippen molar-refractivity contribution in [2.45, 2.75) is 18.7 Å². The molecule has 0 aliphatic heterocycles. The fraction of sp³-hybridized carbons (Fsp3) is 0.545. The van der Waals surface area contributed by atoms with Crippen molar-refractivity contribution in [3.63, 3.8) is 0 Å². The number of methoxy groups -OCH3 is 1. The van der Waals surface area contributed by atoms with Crippen LogP contribution in [0.4, 0.5) is 5.82 Å². The summed E-state index contributed by atoms with van der Waals surface area (Å²) >= 11 is 9.48. The molecule has 0 spiro atoms. The molecule has 1 rings (SSSR count). The molecule has 0 fully saturated rings. The SMILES string of the molecule is COCC(Cl)CCNc1ncc(C)cc1Br. The maximum atomic E-state index is 6.02. The highest BCUT2D eigenvalue weighted by atomic mass is 79.9. The highest BCUT2D eigenvalue weighted by Crippen LogP contribution is 2.20. The Hall–Kier alpha value is -0.320. The lowest BCUT2D eigenvalue weighted by Crippen LogP contribution is -2.14. The molecule has 90 valence electrons. The molecule has 1 atom stereocenters. The van der Waals surface area contributed by atoms with Gasteiger partial charge in [-0.1, -0.05) is 0 Å². The molecule has 0 aliphatic rings. The standard InChI is InChI=1S/C11H16BrClN2O/c1-8-5-10(12)11(15-6-8)14-4-3-9(13)7-16-2/h5-6,9H,3-4,7H2,1-2H3,(H,14,15). The average molecular weight is 308 g/mol. The number of hydrogen-bond acceptors (Lipinski definition) is 3. The first-order chi connectivity index (χ1) is 7.63. The lowest BCUT2D eigenvalue weighted by molar-refractivity contribution is 0.196. The highest BCUT2D eigenvalue weighted by Gasteiger charge is 2.05. The summed E-state index contributed by atoms with van der Waals surface area (Å²) < 4.78 is 5.94. The summed E-state index contributed by atoms with van der Waals surface area (Å²) in [7, 11) is 1.65. The van der Waals surface area contributed by atoms with Gasteiger partial charge in [0, 0.05) is 19.9 Å². The van der Waals surface area contributed by atoms with Gasteiger partial charge in [-0.15, -0.1) is 11.6 Å². The van der Waals surface area contributed by atoms with Crippen molar-refractivity contribution < 1.29 is 4.74 Å². The maximum absolute atomic E-state index is 6.02. The number of aryl methyl sites for hydroxylation is 1. The zero-order valence-electron chi connectivity index (χ0n) is 9.46. The maximum Gasteiger partial charge on any atom is 0.140 e. The quantitative estimate of drug-likeness (QED) is 0.820. The third kappa shape index (κ3) is 4.68. The van der Waals surface area contributed by atoms with Gasteiger partial charge in [-0.2, -0.15) is 0 Å². The molecule has 0 aliphatic carbocycles. The van der Waals surface area contributed by atoms with E-state index >= 15 is 0 Å². The van der Waals surface area contributed by atoms with E-state index in [1.807, 2.05) is 19.2 Å². The monoisotopic (exact) mass is 306 g/mol. The second kappa shape index (κ2) is 7.09. The van der Waals surface area contributed by atoms with E-state index in [2.05, 4.69) is 26.2 Å². The third-order valence-electron chi connectivity index (χ3n) is 2.08. The number of aromatic nitrogens is 1. The smallest absolute Gasteiger partial charge is 0.140 e. The Kier molecular flexibility index (Phi) is 6.09. The van der Waals surface area contributed by atoms with Crippen molar-refractivity contribution in [1.82, 2.24) is 4.98 Å². The van der Waals surface area contributed by atoms with Gasteiger partial charge in [0.1, 0.15) is 5.82 Å². The van der Waals surface area contributed by atoms with Crippen molar-refractivity contribution in [3.8, 4) is 0 Å². The van der Waals surface area contributed by atoms with E-state index in [9.17, 15) is 0 Å². The number of pyridine rings is 1. The van der Waals surface area contributed by atoms with E-state index in [1.165, 1.54) is 0 Å². The molecule has 0 amide bonds. The van der Waals surface area contributed by atoms with Crippen molar-refractivity contribution in [2.75, 3.05) is 25.6 Å².